The van der Waals surface area contributed by atoms with Gasteiger partial charge in [0.25, 0.3) is 0 Å². The van der Waals surface area contributed by atoms with Crippen molar-refractivity contribution in [2.45, 2.75) is 65.1 Å². The third kappa shape index (κ3) is 29.6. The second-order valence-electron chi connectivity index (χ2n) is 6.48. The van der Waals surface area contributed by atoms with E-state index in [4.69, 9.17) is 18.2 Å². The second kappa shape index (κ2) is 12.9. The molecule has 0 aromatic heterocycles. The van der Waals surface area contributed by atoms with Gasteiger partial charge in [0.1, 0.15) is 0 Å². The smallest absolute Gasteiger partial charge is 0.741 e. The normalized spacial score (nSPS) is 11.8. The Hall–Kier alpha value is -0.371. The maximum atomic E-state index is 10.7. The topological polar surface area (TPSA) is 105 Å². The van der Waals surface area contributed by atoms with Crippen molar-refractivity contribution in [3.8, 4) is 6.07 Å². The van der Waals surface area contributed by atoms with Crippen molar-refractivity contribution in [1.82, 2.24) is 10.6 Å². The summed E-state index contributed by atoms with van der Waals surface area (Å²) in [5.74, 6) is 0. The minimum absolute atomic E-state index is 0. The van der Waals surface area contributed by atoms with Gasteiger partial charge in [-0.2, -0.15) is 18.4 Å². The molecule has 0 aromatic carbocycles. The first kappa shape index (κ1) is 31.4. The molecule has 0 aliphatic heterocycles. The zero-order chi connectivity index (χ0) is 19.5. The summed E-state index contributed by atoms with van der Waals surface area (Å²) >= 11 is 0. The number of hydrogen-bond acceptors (Lipinski definition) is 6. The molecule has 0 radical (unpaired) electrons. The van der Waals surface area contributed by atoms with Gasteiger partial charge in [-0.3, -0.25) is 0 Å². The van der Waals surface area contributed by atoms with Crippen molar-refractivity contribution < 1.29 is 43.2 Å². The van der Waals surface area contributed by atoms with E-state index in [1.807, 2.05) is 0 Å². The van der Waals surface area contributed by atoms with Gasteiger partial charge in [0, 0.05) is 31.1 Å². The molecule has 0 heterocycles. The molecule has 0 fully saturated rings. The van der Waals surface area contributed by atoms with Crippen LogP contribution in [0, 0.1) is 11.3 Å². The van der Waals surface area contributed by atoms with Crippen molar-refractivity contribution in [3.63, 3.8) is 0 Å². The molecule has 0 atom stereocenters. The first-order valence-corrected chi connectivity index (χ1v) is 8.11. The standard InChI is InChI=1S/C10H24N2.C2H3N.CHF3O3S.Cu/c1-9(2,3)11-7-8-12-10(4,5)6;1-2-3;2-1(3,4)8(5,6)7;/h11-12H,7-8H2,1-6H3;1H3;(H,5,6,7);/q;;;+1/p-1. The Kier molecular flexibility index (Phi) is 16.9. The molecular weight excluding hydrogens is 399 g/mol. The van der Waals surface area contributed by atoms with Crippen LogP contribution in [0.2, 0.25) is 0 Å². The number of alkyl halides is 3. The Morgan fingerprint density at radius 2 is 1.12 bits per heavy atom. The van der Waals surface area contributed by atoms with E-state index in [0.29, 0.717) is 0 Å². The van der Waals surface area contributed by atoms with E-state index >= 15 is 0 Å². The molecular formula is C13H27CuF3N3O3S. The molecule has 2 N–H and O–H groups in total. The number of nitrogens with zero attached hydrogens (tertiary/aromatic N) is 1. The Balaban J connectivity index is -0.000000145. The maximum Gasteiger partial charge on any atom is 1.00 e. The van der Waals surface area contributed by atoms with E-state index in [2.05, 4.69) is 52.2 Å². The zero-order valence-electron chi connectivity index (χ0n) is 14.9. The molecule has 0 aliphatic rings. The van der Waals surface area contributed by atoms with Gasteiger partial charge in [-0.1, -0.05) is 0 Å². The number of hydrogen-bond donors (Lipinski definition) is 2. The quantitative estimate of drug-likeness (QED) is 0.311. The third-order valence-corrected chi connectivity index (χ3v) is 2.29. The molecule has 0 spiro atoms. The van der Waals surface area contributed by atoms with Crippen molar-refractivity contribution in [3.05, 3.63) is 0 Å². The molecule has 11 heteroatoms. The molecule has 0 saturated carbocycles. The van der Waals surface area contributed by atoms with Gasteiger partial charge in [-0.15, -0.1) is 0 Å². The molecule has 24 heavy (non-hydrogen) atoms. The number of nitrogens with one attached hydrogen (secondary N) is 2. The predicted octanol–water partition coefficient (Wildman–Crippen LogP) is 2.34. The van der Waals surface area contributed by atoms with Gasteiger partial charge in [0.15, 0.2) is 10.1 Å². The van der Waals surface area contributed by atoms with Gasteiger partial charge >= 0.3 is 22.6 Å². The van der Waals surface area contributed by atoms with Crippen LogP contribution in [-0.2, 0) is 27.2 Å². The van der Waals surface area contributed by atoms with Gasteiger partial charge in [-0.05, 0) is 41.5 Å². The summed E-state index contributed by atoms with van der Waals surface area (Å²) in [5, 5.41) is 14.2. The fourth-order valence-electron chi connectivity index (χ4n) is 0.875. The minimum atomic E-state index is -6.09. The summed E-state index contributed by atoms with van der Waals surface area (Å²) in [6, 6.07) is 1.75. The van der Waals surface area contributed by atoms with Gasteiger partial charge in [-0.25, -0.2) is 8.42 Å². The van der Waals surface area contributed by atoms with E-state index in [-0.39, 0.29) is 28.1 Å². The predicted molar refractivity (Wildman–Crippen MR) is 82.6 cm³/mol. The summed E-state index contributed by atoms with van der Waals surface area (Å²) in [7, 11) is -6.09. The Morgan fingerprint density at radius 1 is 0.958 bits per heavy atom. The zero-order valence-corrected chi connectivity index (χ0v) is 16.7. The number of rotatable bonds is 3. The maximum absolute atomic E-state index is 10.7. The Bertz CT molecular complexity index is 434. The van der Waals surface area contributed by atoms with Gasteiger partial charge < -0.3 is 15.2 Å². The third-order valence-electron chi connectivity index (χ3n) is 1.72. The fourth-order valence-corrected chi connectivity index (χ4v) is 0.875. The number of halogens is 3. The SMILES string of the molecule is CC#N.CC(C)(C)NCCNC(C)(C)C.O=S(=O)([O-])C(F)(F)F.[Cu+]. The van der Waals surface area contributed by atoms with Crippen molar-refractivity contribution in [1.29, 1.82) is 5.26 Å². The van der Waals surface area contributed by atoms with E-state index < -0.39 is 15.6 Å². The Labute approximate surface area is 153 Å². The molecule has 0 aromatic rings. The average Bonchev–Trinajstić information content (AvgIpc) is 2.21. The number of nitriles is 1. The van der Waals surface area contributed by atoms with E-state index in [0.717, 1.165) is 13.1 Å². The van der Waals surface area contributed by atoms with E-state index in [1.165, 1.54) is 6.92 Å². The summed E-state index contributed by atoms with van der Waals surface area (Å²) in [5.41, 5.74) is -5.17. The molecule has 0 rings (SSSR count). The van der Waals surface area contributed by atoms with Crippen LogP contribution >= 0.6 is 0 Å². The van der Waals surface area contributed by atoms with Crippen LogP contribution < -0.4 is 10.6 Å². The largest absolute Gasteiger partial charge is 1.00 e. The van der Waals surface area contributed by atoms with Crippen LogP contribution in [-0.4, -0.2) is 42.6 Å². The van der Waals surface area contributed by atoms with Crippen molar-refractivity contribution >= 4 is 10.1 Å². The van der Waals surface area contributed by atoms with E-state index in [1.54, 1.807) is 6.07 Å². The van der Waals surface area contributed by atoms with E-state index in [9.17, 15) is 13.2 Å². The van der Waals surface area contributed by atoms with Gasteiger partial charge in [0.05, 0.1) is 6.07 Å². The van der Waals surface area contributed by atoms with Crippen LogP contribution in [0.3, 0.4) is 0 Å². The molecule has 0 unspecified atom stereocenters. The van der Waals surface area contributed by atoms with Crippen LogP contribution in [0.1, 0.15) is 48.5 Å². The van der Waals surface area contributed by atoms with Crippen LogP contribution in [0.5, 0.6) is 0 Å². The molecule has 0 saturated heterocycles. The summed E-state index contributed by atoms with van der Waals surface area (Å²) in [6.07, 6.45) is 0. The van der Waals surface area contributed by atoms with Crippen molar-refractivity contribution in [2.75, 3.05) is 13.1 Å². The average molecular weight is 426 g/mol. The summed E-state index contributed by atoms with van der Waals surface area (Å²) < 4.78 is 58.9. The van der Waals surface area contributed by atoms with Crippen LogP contribution in [0.25, 0.3) is 0 Å². The first-order valence-electron chi connectivity index (χ1n) is 6.70. The monoisotopic (exact) mass is 425 g/mol. The first-order chi connectivity index (χ1) is 9.87. The van der Waals surface area contributed by atoms with Gasteiger partial charge in [0.2, 0.25) is 0 Å². The fraction of sp³-hybridized carbons (Fsp3) is 0.923. The summed E-state index contributed by atoms with van der Waals surface area (Å²) in [4.78, 5) is 0. The molecule has 0 amide bonds. The van der Waals surface area contributed by atoms with Crippen molar-refractivity contribution in [2.24, 2.45) is 0 Å². The molecule has 0 aliphatic carbocycles. The minimum Gasteiger partial charge on any atom is -0.741 e. The molecule has 150 valence electrons. The van der Waals surface area contributed by atoms with Crippen LogP contribution in [0.15, 0.2) is 0 Å². The summed E-state index contributed by atoms with van der Waals surface area (Å²) in [6.45, 7) is 16.6. The molecule has 6 nitrogen and oxygen atoms in total. The second-order valence-corrected chi connectivity index (χ2v) is 7.85. The van der Waals surface area contributed by atoms with Crippen LogP contribution in [0.4, 0.5) is 13.2 Å². The Morgan fingerprint density at radius 3 is 1.21 bits per heavy atom. The molecule has 0 bridgehead atoms.